The van der Waals surface area contributed by atoms with Crippen LogP contribution >= 0.6 is 11.6 Å². The maximum absolute atomic E-state index is 13.5. The van der Waals surface area contributed by atoms with Crippen LogP contribution in [0.2, 0.25) is 5.15 Å². The lowest BCUT2D eigenvalue weighted by Crippen LogP contribution is -2.19. The van der Waals surface area contributed by atoms with Crippen molar-refractivity contribution >= 4 is 46.4 Å². The summed E-state index contributed by atoms with van der Waals surface area (Å²) in [5.74, 6) is 1.65. The quantitative estimate of drug-likeness (QED) is 0.618. The molecule has 0 N–H and O–H groups in total. The van der Waals surface area contributed by atoms with Gasteiger partial charge in [-0.05, 0) is 37.1 Å². The highest BCUT2D eigenvalue weighted by atomic mass is 35.5. The van der Waals surface area contributed by atoms with E-state index in [4.69, 9.17) is 11.6 Å². The fourth-order valence-corrected chi connectivity index (χ4v) is 3.42. The lowest BCUT2D eigenvalue weighted by atomic mass is 10.2. The molecule has 144 valence electrons. The van der Waals surface area contributed by atoms with Crippen LogP contribution in [0.25, 0.3) is 23.2 Å². The Morgan fingerprint density at radius 2 is 1.79 bits per heavy atom. The van der Waals surface area contributed by atoms with Crippen LogP contribution in [-0.2, 0) is 0 Å². The van der Waals surface area contributed by atoms with E-state index in [9.17, 15) is 4.39 Å². The summed E-state index contributed by atoms with van der Waals surface area (Å²) in [6.45, 7) is 1.96. The zero-order valence-corrected chi connectivity index (χ0v) is 16.5. The van der Waals surface area contributed by atoms with Crippen LogP contribution < -0.4 is 9.80 Å². The highest BCUT2D eigenvalue weighted by Crippen LogP contribution is 2.24. The number of aromatic nitrogens is 4. The molecule has 0 aliphatic carbocycles. The first kappa shape index (κ1) is 18.6. The lowest BCUT2D eigenvalue weighted by molar-refractivity contribution is 0.629. The van der Waals surface area contributed by atoms with Crippen LogP contribution in [-0.4, -0.2) is 47.1 Å². The van der Waals surface area contributed by atoms with Crippen molar-refractivity contribution in [1.29, 1.82) is 0 Å². The first-order chi connectivity index (χ1) is 13.5. The minimum Gasteiger partial charge on any atom is -0.361 e. The Morgan fingerprint density at radius 1 is 1.00 bits per heavy atom. The van der Waals surface area contributed by atoms with E-state index in [0.29, 0.717) is 33.5 Å². The molecule has 0 spiro atoms. The van der Waals surface area contributed by atoms with Crippen LogP contribution in [0.15, 0.2) is 24.3 Å². The van der Waals surface area contributed by atoms with Crippen LogP contribution in [0.4, 0.5) is 16.0 Å². The molecule has 1 saturated heterocycles. The van der Waals surface area contributed by atoms with Crippen molar-refractivity contribution in [2.24, 2.45) is 0 Å². The van der Waals surface area contributed by atoms with E-state index in [2.05, 4.69) is 24.8 Å². The molecule has 1 aromatic carbocycles. The summed E-state index contributed by atoms with van der Waals surface area (Å²) in [5, 5.41) is 0.407. The third kappa shape index (κ3) is 3.89. The Kier molecular flexibility index (Phi) is 5.09. The first-order valence-electron chi connectivity index (χ1n) is 9.12. The van der Waals surface area contributed by atoms with Crippen LogP contribution in [0.3, 0.4) is 0 Å². The van der Waals surface area contributed by atoms with Crippen LogP contribution in [0.5, 0.6) is 0 Å². The number of nitrogens with zero attached hydrogens (tertiary/aromatic N) is 6. The largest absolute Gasteiger partial charge is 0.361 e. The highest BCUT2D eigenvalue weighted by Gasteiger charge is 2.15. The fourth-order valence-electron chi connectivity index (χ4n) is 3.23. The minimum atomic E-state index is -0.337. The number of benzene rings is 1. The maximum atomic E-state index is 13.5. The van der Waals surface area contributed by atoms with E-state index in [0.717, 1.165) is 31.7 Å². The summed E-state index contributed by atoms with van der Waals surface area (Å²) >= 11 is 6.20. The smallest absolute Gasteiger partial charge is 0.156 e. The van der Waals surface area contributed by atoms with Gasteiger partial charge in [0.2, 0.25) is 0 Å². The molecule has 0 saturated carbocycles. The van der Waals surface area contributed by atoms with Gasteiger partial charge in [-0.3, -0.25) is 0 Å². The Labute approximate surface area is 167 Å². The summed E-state index contributed by atoms with van der Waals surface area (Å²) in [6, 6.07) is 6.17. The molecule has 3 heterocycles. The fraction of sp³-hybridized carbons (Fsp3) is 0.300. The van der Waals surface area contributed by atoms with E-state index >= 15 is 0 Å². The van der Waals surface area contributed by atoms with Gasteiger partial charge >= 0.3 is 0 Å². The second-order valence-electron chi connectivity index (χ2n) is 6.89. The molecule has 0 unspecified atom stereocenters. The van der Waals surface area contributed by atoms with Crippen molar-refractivity contribution in [1.82, 2.24) is 19.9 Å². The third-order valence-electron chi connectivity index (χ3n) is 4.58. The van der Waals surface area contributed by atoms with Crippen molar-refractivity contribution in [3.63, 3.8) is 0 Å². The molecule has 6 nitrogen and oxygen atoms in total. The van der Waals surface area contributed by atoms with Gasteiger partial charge in [-0.1, -0.05) is 11.6 Å². The summed E-state index contributed by atoms with van der Waals surface area (Å²) in [4.78, 5) is 22.1. The van der Waals surface area contributed by atoms with Gasteiger partial charge in [-0.2, -0.15) is 0 Å². The molecule has 1 aliphatic rings. The Bertz CT molecular complexity index is 1050. The predicted octanol–water partition coefficient (Wildman–Crippen LogP) is 4.05. The molecule has 8 heteroatoms. The molecule has 1 aliphatic heterocycles. The van der Waals surface area contributed by atoms with E-state index in [1.54, 1.807) is 18.2 Å². The average molecular weight is 399 g/mol. The van der Waals surface area contributed by atoms with Gasteiger partial charge in [-0.15, -0.1) is 0 Å². The monoisotopic (exact) mass is 398 g/mol. The molecule has 0 atom stereocenters. The number of hydrogen-bond acceptors (Lipinski definition) is 6. The van der Waals surface area contributed by atoms with Crippen molar-refractivity contribution in [3.05, 3.63) is 46.8 Å². The van der Waals surface area contributed by atoms with Gasteiger partial charge in [0.1, 0.15) is 22.5 Å². The zero-order chi connectivity index (χ0) is 19.7. The second kappa shape index (κ2) is 7.67. The van der Waals surface area contributed by atoms with Crippen LogP contribution in [0, 0.1) is 5.82 Å². The van der Waals surface area contributed by atoms with E-state index in [1.165, 1.54) is 12.1 Å². The Morgan fingerprint density at radius 3 is 2.54 bits per heavy atom. The summed E-state index contributed by atoms with van der Waals surface area (Å²) in [5.41, 5.74) is 1.78. The number of anilines is 2. The third-order valence-corrected chi connectivity index (χ3v) is 4.77. The van der Waals surface area contributed by atoms with Gasteiger partial charge < -0.3 is 9.80 Å². The first-order valence-corrected chi connectivity index (χ1v) is 9.49. The number of fused-ring (bicyclic) bond motifs is 1. The lowest BCUT2D eigenvalue weighted by Gasteiger charge is -2.16. The van der Waals surface area contributed by atoms with Gasteiger partial charge in [0.15, 0.2) is 11.6 Å². The molecule has 0 bridgehead atoms. The number of hydrogen-bond donors (Lipinski definition) is 0. The van der Waals surface area contributed by atoms with E-state index in [-0.39, 0.29) is 5.82 Å². The van der Waals surface area contributed by atoms with E-state index in [1.807, 2.05) is 25.1 Å². The zero-order valence-electron chi connectivity index (χ0n) is 15.7. The van der Waals surface area contributed by atoms with Gasteiger partial charge in [-0.25, -0.2) is 24.3 Å². The molecule has 1 fully saturated rings. The Hall–Kier alpha value is -2.80. The van der Waals surface area contributed by atoms with E-state index < -0.39 is 0 Å². The highest BCUT2D eigenvalue weighted by molar-refractivity contribution is 6.29. The molecule has 0 amide bonds. The SMILES string of the molecule is CN(C)c1nc2cc(F)ccc2nc1/C=C/c1nc(Cl)cc(N2CCCC2)n1. The molecule has 28 heavy (non-hydrogen) atoms. The molecule has 2 aromatic heterocycles. The van der Waals surface area contributed by atoms with Gasteiger partial charge in [0, 0.05) is 39.3 Å². The van der Waals surface area contributed by atoms with Crippen molar-refractivity contribution in [3.8, 4) is 0 Å². The molecular weight excluding hydrogens is 379 g/mol. The van der Waals surface area contributed by atoms with Crippen molar-refractivity contribution < 1.29 is 4.39 Å². The summed E-state index contributed by atoms with van der Waals surface area (Å²) in [6.07, 6.45) is 5.90. The maximum Gasteiger partial charge on any atom is 0.156 e. The van der Waals surface area contributed by atoms with Gasteiger partial charge in [0.05, 0.1) is 11.0 Å². The molecule has 0 radical (unpaired) electrons. The Balaban J connectivity index is 1.71. The summed E-state index contributed by atoms with van der Waals surface area (Å²) < 4.78 is 13.5. The average Bonchev–Trinajstić information content (AvgIpc) is 3.20. The van der Waals surface area contributed by atoms with Gasteiger partial charge in [0.25, 0.3) is 0 Å². The van der Waals surface area contributed by atoms with Crippen molar-refractivity contribution in [2.45, 2.75) is 12.8 Å². The number of halogens is 2. The molecular formula is C20H20ClFN6. The standard InChI is InChI=1S/C20H20ClFN6/c1-27(2)20-15(23-14-6-5-13(22)11-16(14)24-20)7-8-18-25-17(21)12-19(26-18)28-9-3-4-10-28/h5-8,11-12H,3-4,9-10H2,1-2H3/b8-7+. The topological polar surface area (TPSA) is 58.0 Å². The normalized spacial score (nSPS) is 14.4. The number of rotatable bonds is 4. The van der Waals surface area contributed by atoms with Crippen molar-refractivity contribution in [2.75, 3.05) is 37.0 Å². The predicted molar refractivity (Wildman–Crippen MR) is 111 cm³/mol. The van der Waals surface area contributed by atoms with Crippen LogP contribution in [0.1, 0.15) is 24.4 Å². The molecule has 4 rings (SSSR count). The minimum absolute atomic E-state index is 0.337. The summed E-state index contributed by atoms with van der Waals surface area (Å²) in [7, 11) is 3.74. The molecule has 3 aromatic rings. The second-order valence-corrected chi connectivity index (χ2v) is 7.28.